The minimum Gasteiger partial charge on any atom is -0.494 e. The molecule has 0 bridgehead atoms. The maximum atomic E-state index is 11.8. The number of hydrogen-bond acceptors (Lipinski definition) is 4. The van der Waals surface area contributed by atoms with Gasteiger partial charge in [-0.15, -0.1) is 0 Å². The van der Waals surface area contributed by atoms with E-state index >= 15 is 0 Å². The highest BCUT2D eigenvalue weighted by Gasteiger charge is 2.22. The van der Waals surface area contributed by atoms with Gasteiger partial charge in [0.2, 0.25) is 0 Å². The third-order valence-corrected chi connectivity index (χ3v) is 4.73. The fourth-order valence-electron chi connectivity index (χ4n) is 2.40. The lowest BCUT2D eigenvalue weighted by molar-refractivity contribution is 0.397. The SMILES string of the molecule is COc1c(Cl)cc(C2CCCCN2)cc1S(C)(=O)=O. The molecule has 0 saturated carbocycles. The average Bonchev–Trinajstić information content (AvgIpc) is 2.37. The number of hydrogen-bond donors (Lipinski definition) is 1. The van der Waals surface area contributed by atoms with Gasteiger partial charge in [0.1, 0.15) is 4.90 Å². The molecule has 106 valence electrons. The Hall–Kier alpha value is -0.780. The van der Waals surface area contributed by atoms with Crippen LogP contribution in [0.15, 0.2) is 17.0 Å². The molecule has 0 radical (unpaired) electrons. The Bertz CT molecular complexity index is 565. The van der Waals surface area contributed by atoms with Crippen molar-refractivity contribution in [2.24, 2.45) is 0 Å². The Kier molecular flexibility index (Phi) is 4.38. The third kappa shape index (κ3) is 3.22. The Morgan fingerprint density at radius 3 is 2.63 bits per heavy atom. The quantitative estimate of drug-likeness (QED) is 0.932. The van der Waals surface area contributed by atoms with Gasteiger partial charge in [0.15, 0.2) is 15.6 Å². The predicted octanol–water partition coefficient (Wildman–Crippen LogP) is 2.57. The van der Waals surface area contributed by atoms with Crippen molar-refractivity contribution in [1.29, 1.82) is 0 Å². The molecular formula is C13H18ClNO3S. The summed E-state index contributed by atoms with van der Waals surface area (Å²) in [7, 11) is -1.94. The normalized spacial score (nSPS) is 20.3. The smallest absolute Gasteiger partial charge is 0.179 e. The number of ether oxygens (including phenoxy) is 1. The first-order chi connectivity index (χ1) is 8.93. The average molecular weight is 304 g/mol. The van der Waals surface area contributed by atoms with E-state index in [0.29, 0.717) is 5.02 Å². The summed E-state index contributed by atoms with van der Waals surface area (Å²) in [5.41, 5.74) is 0.908. The number of methoxy groups -OCH3 is 1. The van der Waals surface area contributed by atoms with Crippen LogP contribution in [0.3, 0.4) is 0 Å². The second kappa shape index (κ2) is 5.69. The van der Waals surface area contributed by atoms with E-state index in [1.54, 1.807) is 12.1 Å². The Morgan fingerprint density at radius 1 is 1.37 bits per heavy atom. The van der Waals surface area contributed by atoms with Gasteiger partial charge >= 0.3 is 0 Å². The zero-order valence-electron chi connectivity index (χ0n) is 11.1. The minimum absolute atomic E-state index is 0.157. The standard InChI is InChI=1S/C13H18ClNO3S/c1-18-13-10(14)7-9(8-12(13)19(2,16)17)11-5-3-4-6-15-11/h7-8,11,15H,3-6H2,1-2H3. The molecule has 1 unspecified atom stereocenters. The van der Waals surface area contributed by atoms with Gasteiger partial charge in [-0.05, 0) is 37.1 Å². The van der Waals surface area contributed by atoms with Crippen LogP contribution in [-0.4, -0.2) is 28.3 Å². The van der Waals surface area contributed by atoms with Crippen LogP contribution in [0, 0.1) is 0 Å². The van der Waals surface area contributed by atoms with Crippen LogP contribution >= 0.6 is 11.6 Å². The minimum atomic E-state index is -3.37. The summed E-state index contributed by atoms with van der Waals surface area (Å²) in [6.07, 6.45) is 4.44. The number of piperidine rings is 1. The van der Waals surface area contributed by atoms with E-state index in [4.69, 9.17) is 16.3 Å². The molecule has 1 aromatic carbocycles. The van der Waals surface area contributed by atoms with Crippen molar-refractivity contribution in [2.75, 3.05) is 19.9 Å². The lowest BCUT2D eigenvalue weighted by atomic mass is 9.97. The second-order valence-corrected chi connectivity index (χ2v) is 7.20. The number of benzene rings is 1. The van der Waals surface area contributed by atoms with Gasteiger partial charge in [-0.25, -0.2) is 8.42 Å². The Morgan fingerprint density at radius 2 is 2.11 bits per heavy atom. The fraction of sp³-hybridized carbons (Fsp3) is 0.538. The summed E-state index contributed by atoms with van der Waals surface area (Å²) in [5, 5.41) is 3.73. The van der Waals surface area contributed by atoms with E-state index in [9.17, 15) is 8.42 Å². The van der Waals surface area contributed by atoms with Crippen LogP contribution in [0.4, 0.5) is 0 Å². The molecule has 1 heterocycles. The molecule has 1 saturated heterocycles. The highest BCUT2D eigenvalue weighted by Crippen LogP contribution is 2.36. The molecule has 2 rings (SSSR count). The van der Waals surface area contributed by atoms with Gasteiger partial charge in [-0.2, -0.15) is 0 Å². The molecule has 0 aliphatic carbocycles. The predicted molar refractivity (Wildman–Crippen MR) is 75.7 cm³/mol. The summed E-state index contributed by atoms with van der Waals surface area (Å²) in [5.74, 6) is 0.226. The van der Waals surface area contributed by atoms with E-state index in [0.717, 1.165) is 31.4 Å². The first kappa shape index (κ1) is 14.6. The van der Waals surface area contributed by atoms with Gasteiger partial charge < -0.3 is 10.1 Å². The Balaban J connectivity index is 2.50. The molecule has 1 fully saturated rings. The van der Waals surface area contributed by atoms with Crippen molar-refractivity contribution in [3.63, 3.8) is 0 Å². The second-order valence-electron chi connectivity index (χ2n) is 4.81. The molecule has 1 aromatic rings. The lowest BCUT2D eigenvalue weighted by Crippen LogP contribution is -2.27. The third-order valence-electron chi connectivity index (χ3n) is 3.35. The van der Waals surface area contributed by atoms with E-state index in [-0.39, 0.29) is 16.7 Å². The highest BCUT2D eigenvalue weighted by molar-refractivity contribution is 7.90. The van der Waals surface area contributed by atoms with Crippen molar-refractivity contribution in [3.8, 4) is 5.75 Å². The van der Waals surface area contributed by atoms with Crippen molar-refractivity contribution in [1.82, 2.24) is 5.32 Å². The zero-order valence-corrected chi connectivity index (χ0v) is 12.6. The van der Waals surface area contributed by atoms with Gasteiger partial charge in [0, 0.05) is 12.3 Å². The number of nitrogens with one attached hydrogen (secondary N) is 1. The molecule has 0 aromatic heterocycles. The molecule has 0 spiro atoms. The molecule has 1 aliphatic rings. The van der Waals surface area contributed by atoms with Gasteiger partial charge in [-0.3, -0.25) is 0 Å². The molecular weight excluding hydrogens is 286 g/mol. The summed E-state index contributed by atoms with van der Waals surface area (Å²) < 4.78 is 28.8. The van der Waals surface area contributed by atoms with E-state index in [1.807, 2.05) is 0 Å². The first-order valence-electron chi connectivity index (χ1n) is 6.24. The Labute approximate surface area is 119 Å². The molecule has 1 atom stereocenters. The monoisotopic (exact) mass is 303 g/mol. The molecule has 19 heavy (non-hydrogen) atoms. The number of sulfone groups is 1. The van der Waals surface area contributed by atoms with E-state index in [2.05, 4.69) is 5.32 Å². The van der Waals surface area contributed by atoms with Crippen LogP contribution in [0.5, 0.6) is 5.75 Å². The topological polar surface area (TPSA) is 55.4 Å². The van der Waals surface area contributed by atoms with Gasteiger partial charge in [0.05, 0.1) is 12.1 Å². The number of halogens is 1. The van der Waals surface area contributed by atoms with Crippen LogP contribution in [0.25, 0.3) is 0 Å². The van der Waals surface area contributed by atoms with Crippen LogP contribution < -0.4 is 10.1 Å². The molecule has 6 heteroatoms. The van der Waals surface area contributed by atoms with Gasteiger partial charge in [0.25, 0.3) is 0 Å². The van der Waals surface area contributed by atoms with E-state index < -0.39 is 9.84 Å². The summed E-state index contributed by atoms with van der Waals surface area (Å²) in [6.45, 7) is 0.947. The summed E-state index contributed by atoms with van der Waals surface area (Å²) in [6, 6.07) is 3.62. The maximum absolute atomic E-state index is 11.8. The molecule has 1 N–H and O–H groups in total. The number of rotatable bonds is 3. The van der Waals surface area contributed by atoms with Crippen molar-refractivity contribution in [3.05, 3.63) is 22.7 Å². The largest absolute Gasteiger partial charge is 0.494 e. The lowest BCUT2D eigenvalue weighted by Gasteiger charge is -2.25. The van der Waals surface area contributed by atoms with Crippen LogP contribution in [0.1, 0.15) is 30.9 Å². The zero-order chi connectivity index (χ0) is 14.0. The molecule has 1 aliphatic heterocycles. The highest BCUT2D eigenvalue weighted by atomic mass is 35.5. The summed E-state index contributed by atoms with van der Waals surface area (Å²) >= 11 is 6.14. The van der Waals surface area contributed by atoms with Gasteiger partial charge in [-0.1, -0.05) is 18.0 Å². The van der Waals surface area contributed by atoms with Crippen molar-refractivity contribution >= 4 is 21.4 Å². The van der Waals surface area contributed by atoms with Crippen LogP contribution in [0.2, 0.25) is 5.02 Å². The molecule has 0 amide bonds. The van der Waals surface area contributed by atoms with Crippen LogP contribution in [-0.2, 0) is 9.84 Å². The maximum Gasteiger partial charge on any atom is 0.179 e. The summed E-state index contributed by atoms with van der Waals surface area (Å²) in [4.78, 5) is 0.157. The van der Waals surface area contributed by atoms with Crippen molar-refractivity contribution < 1.29 is 13.2 Å². The van der Waals surface area contributed by atoms with E-state index in [1.165, 1.54) is 13.4 Å². The first-order valence-corrected chi connectivity index (χ1v) is 8.51. The van der Waals surface area contributed by atoms with Crippen molar-refractivity contribution in [2.45, 2.75) is 30.2 Å². The molecule has 4 nitrogen and oxygen atoms in total. The fourth-order valence-corrected chi connectivity index (χ4v) is 3.64.